The minimum absolute atomic E-state index is 0.00743. The van der Waals surface area contributed by atoms with E-state index in [0.29, 0.717) is 5.75 Å². The van der Waals surface area contributed by atoms with Crippen LogP contribution in [-0.4, -0.2) is 43.0 Å². The molecule has 0 bridgehead atoms. The van der Waals surface area contributed by atoms with E-state index >= 15 is 0 Å². The lowest BCUT2D eigenvalue weighted by atomic mass is 10.1. The van der Waals surface area contributed by atoms with E-state index in [1.54, 1.807) is 19.1 Å². The number of rotatable bonds is 6. The van der Waals surface area contributed by atoms with E-state index in [1.165, 1.54) is 33.1 Å². The van der Waals surface area contributed by atoms with Crippen molar-refractivity contribution < 1.29 is 23.1 Å². The number of methoxy groups -OCH3 is 1. The van der Waals surface area contributed by atoms with E-state index in [4.69, 9.17) is 4.74 Å². The van der Waals surface area contributed by atoms with E-state index in [2.05, 4.69) is 0 Å². The van der Waals surface area contributed by atoms with Gasteiger partial charge in [0, 0.05) is 12.6 Å². The highest BCUT2D eigenvalue weighted by atomic mass is 32.2. The van der Waals surface area contributed by atoms with Crippen LogP contribution in [0, 0.1) is 0 Å². The molecule has 0 saturated heterocycles. The lowest BCUT2D eigenvalue weighted by molar-refractivity contribution is -0.146. The van der Waals surface area contributed by atoms with Crippen LogP contribution in [0.4, 0.5) is 0 Å². The molecule has 0 fully saturated rings. The number of hydrogen-bond acceptors (Lipinski definition) is 4. The average molecular weight is 301 g/mol. The van der Waals surface area contributed by atoms with Crippen molar-refractivity contribution in [2.75, 3.05) is 13.7 Å². The standard InChI is InChI=1S/C13H19NO5S/c1-5-14(13(2,3)12(15)16)20(17,18)11-8-6-7-10(9-11)19-4/h6-9H,5H2,1-4H3,(H,15,16). The third kappa shape index (κ3) is 2.94. The Labute approximate surface area is 119 Å². The van der Waals surface area contributed by atoms with Crippen LogP contribution in [0.1, 0.15) is 20.8 Å². The predicted molar refractivity (Wildman–Crippen MR) is 74.3 cm³/mol. The summed E-state index contributed by atoms with van der Waals surface area (Å²) in [6.45, 7) is 4.37. The Kier molecular flexibility index (Phi) is 4.77. The molecule has 0 radical (unpaired) electrons. The highest BCUT2D eigenvalue weighted by Crippen LogP contribution is 2.26. The van der Waals surface area contributed by atoms with Gasteiger partial charge in [0.15, 0.2) is 0 Å². The third-order valence-electron chi connectivity index (χ3n) is 3.06. The quantitative estimate of drug-likeness (QED) is 0.862. The molecule has 1 aromatic rings. The largest absolute Gasteiger partial charge is 0.497 e. The van der Waals surface area contributed by atoms with Gasteiger partial charge in [-0.1, -0.05) is 13.0 Å². The van der Waals surface area contributed by atoms with Gasteiger partial charge in [-0.05, 0) is 26.0 Å². The van der Waals surface area contributed by atoms with Gasteiger partial charge in [0.05, 0.1) is 12.0 Å². The molecule has 7 heteroatoms. The van der Waals surface area contributed by atoms with E-state index in [-0.39, 0.29) is 11.4 Å². The molecule has 0 unspecified atom stereocenters. The van der Waals surface area contributed by atoms with Gasteiger partial charge in [0.2, 0.25) is 10.0 Å². The van der Waals surface area contributed by atoms with Crippen molar-refractivity contribution >= 4 is 16.0 Å². The maximum atomic E-state index is 12.6. The Balaban J connectivity index is 3.36. The van der Waals surface area contributed by atoms with E-state index in [1.807, 2.05) is 0 Å². The lowest BCUT2D eigenvalue weighted by Gasteiger charge is -2.33. The van der Waals surface area contributed by atoms with Gasteiger partial charge in [0.25, 0.3) is 0 Å². The van der Waals surface area contributed by atoms with E-state index < -0.39 is 21.5 Å². The fraction of sp³-hybridized carbons (Fsp3) is 0.462. The monoisotopic (exact) mass is 301 g/mol. The van der Waals surface area contributed by atoms with Gasteiger partial charge in [-0.25, -0.2) is 8.42 Å². The summed E-state index contributed by atoms with van der Waals surface area (Å²) in [5.74, 6) is -0.805. The van der Waals surface area contributed by atoms with Gasteiger partial charge in [-0.15, -0.1) is 0 Å². The zero-order chi connectivity index (χ0) is 15.6. The van der Waals surface area contributed by atoms with Crippen LogP contribution >= 0.6 is 0 Å². The molecule has 0 amide bonds. The molecule has 20 heavy (non-hydrogen) atoms. The number of carboxylic acid groups (broad SMARTS) is 1. The van der Waals surface area contributed by atoms with Gasteiger partial charge in [0.1, 0.15) is 11.3 Å². The van der Waals surface area contributed by atoms with Crippen LogP contribution < -0.4 is 4.74 Å². The first-order valence-electron chi connectivity index (χ1n) is 6.08. The van der Waals surface area contributed by atoms with Crippen LogP contribution in [0.25, 0.3) is 0 Å². The smallest absolute Gasteiger partial charge is 0.324 e. The number of sulfonamides is 1. The second-order valence-corrected chi connectivity index (χ2v) is 6.58. The van der Waals surface area contributed by atoms with Crippen LogP contribution in [-0.2, 0) is 14.8 Å². The number of aliphatic carboxylic acids is 1. The molecular formula is C13H19NO5S. The summed E-state index contributed by atoms with van der Waals surface area (Å²) in [7, 11) is -2.48. The summed E-state index contributed by atoms with van der Waals surface area (Å²) >= 11 is 0. The summed E-state index contributed by atoms with van der Waals surface area (Å²) in [5, 5.41) is 9.22. The molecule has 0 atom stereocenters. The zero-order valence-corrected chi connectivity index (χ0v) is 12.8. The number of likely N-dealkylation sites (N-methyl/N-ethyl adjacent to an activating group) is 1. The summed E-state index contributed by atoms with van der Waals surface area (Å²) in [4.78, 5) is 11.3. The first-order chi connectivity index (χ1) is 9.17. The minimum atomic E-state index is -3.91. The van der Waals surface area contributed by atoms with Crippen molar-refractivity contribution in [1.29, 1.82) is 0 Å². The fourth-order valence-corrected chi connectivity index (χ4v) is 3.65. The van der Waals surface area contributed by atoms with Crippen molar-refractivity contribution in [2.24, 2.45) is 0 Å². The molecule has 0 aliphatic heterocycles. The van der Waals surface area contributed by atoms with Crippen molar-refractivity contribution in [3.8, 4) is 5.75 Å². The Morgan fingerprint density at radius 2 is 2.00 bits per heavy atom. The maximum Gasteiger partial charge on any atom is 0.324 e. The SMILES string of the molecule is CCN(C(C)(C)C(=O)O)S(=O)(=O)c1cccc(OC)c1. The molecule has 6 nitrogen and oxygen atoms in total. The van der Waals surface area contributed by atoms with Crippen molar-refractivity contribution in [3.63, 3.8) is 0 Å². The molecule has 112 valence electrons. The number of hydrogen-bond donors (Lipinski definition) is 1. The molecule has 1 N–H and O–H groups in total. The van der Waals surface area contributed by atoms with Crippen LogP contribution in [0.15, 0.2) is 29.2 Å². The van der Waals surface area contributed by atoms with E-state index in [9.17, 15) is 18.3 Å². The van der Waals surface area contributed by atoms with Crippen LogP contribution in [0.3, 0.4) is 0 Å². The van der Waals surface area contributed by atoms with E-state index in [0.717, 1.165) is 4.31 Å². The second-order valence-electron chi connectivity index (χ2n) is 4.71. The molecule has 0 aliphatic rings. The number of carboxylic acids is 1. The molecular weight excluding hydrogens is 282 g/mol. The third-order valence-corrected chi connectivity index (χ3v) is 5.21. The lowest BCUT2D eigenvalue weighted by Crippen LogP contribution is -2.52. The van der Waals surface area contributed by atoms with Crippen molar-refractivity contribution in [2.45, 2.75) is 31.2 Å². The Morgan fingerprint density at radius 3 is 2.45 bits per heavy atom. The van der Waals surface area contributed by atoms with Gasteiger partial charge in [-0.2, -0.15) is 4.31 Å². The van der Waals surface area contributed by atoms with Crippen LogP contribution in [0.5, 0.6) is 5.75 Å². The number of benzene rings is 1. The number of ether oxygens (including phenoxy) is 1. The molecule has 1 aromatic carbocycles. The van der Waals surface area contributed by atoms with Crippen LogP contribution in [0.2, 0.25) is 0 Å². The topological polar surface area (TPSA) is 83.9 Å². The van der Waals surface area contributed by atoms with Gasteiger partial charge < -0.3 is 9.84 Å². The highest BCUT2D eigenvalue weighted by Gasteiger charge is 2.41. The van der Waals surface area contributed by atoms with Gasteiger partial charge in [-0.3, -0.25) is 4.79 Å². The molecule has 0 aromatic heterocycles. The first-order valence-corrected chi connectivity index (χ1v) is 7.52. The Hall–Kier alpha value is -1.60. The summed E-state index contributed by atoms with van der Waals surface area (Å²) in [5.41, 5.74) is -1.53. The molecule has 0 heterocycles. The summed E-state index contributed by atoms with van der Waals surface area (Å²) < 4.78 is 31.1. The van der Waals surface area contributed by atoms with Crippen molar-refractivity contribution in [1.82, 2.24) is 4.31 Å². The molecule has 0 saturated carbocycles. The normalized spacial score (nSPS) is 12.4. The molecule has 1 rings (SSSR count). The molecule has 0 aliphatic carbocycles. The number of carbonyl (C=O) groups is 1. The number of nitrogens with zero attached hydrogens (tertiary/aromatic N) is 1. The maximum absolute atomic E-state index is 12.6. The highest BCUT2D eigenvalue weighted by molar-refractivity contribution is 7.89. The second kappa shape index (κ2) is 5.80. The van der Waals surface area contributed by atoms with Gasteiger partial charge >= 0.3 is 5.97 Å². The van der Waals surface area contributed by atoms with Crippen molar-refractivity contribution in [3.05, 3.63) is 24.3 Å². The summed E-state index contributed by atoms with van der Waals surface area (Å²) in [6.07, 6.45) is 0. The Morgan fingerprint density at radius 1 is 1.40 bits per heavy atom. The average Bonchev–Trinajstić information content (AvgIpc) is 2.38. The minimum Gasteiger partial charge on any atom is -0.497 e. The zero-order valence-electron chi connectivity index (χ0n) is 12.0. The molecule has 0 spiro atoms. The fourth-order valence-electron chi connectivity index (χ4n) is 1.86. The Bertz CT molecular complexity index is 595. The predicted octanol–water partition coefficient (Wildman–Crippen LogP) is 1.57. The summed E-state index contributed by atoms with van der Waals surface area (Å²) in [6, 6.07) is 5.96. The first kappa shape index (κ1) is 16.5.